The number of para-hydroxylation sites is 1. The number of hydrogen-bond donors (Lipinski definition) is 3. The summed E-state index contributed by atoms with van der Waals surface area (Å²) in [5.74, 6) is 0.527. The second kappa shape index (κ2) is 8.99. The summed E-state index contributed by atoms with van der Waals surface area (Å²) in [5, 5.41) is 23.0. The van der Waals surface area contributed by atoms with Gasteiger partial charge in [0.2, 0.25) is 0 Å². The van der Waals surface area contributed by atoms with Crippen LogP contribution < -0.4 is 5.32 Å². The van der Waals surface area contributed by atoms with E-state index in [1.54, 1.807) is 12.1 Å². The molecule has 0 spiro atoms. The smallest absolute Gasteiger partial charge is 0.306 e. The molecule has 3 aromatic rings. The van der Waals surface area contributed by atoms with Crippen molar-refractivity contribution in [1.82, 2.24) is 4.98 Å². The number of carbonyl (C=O) groups is 1. The maximum absolute atomic E-state index is 11.2. The SMILES string of the molecule is O=C(O)[C@H]1CC[C@H](CNc2cc(-c3ccccc3)cc(-c3ccccc3O)n2)CC1. The monoisotopic (exact) mass is 402 g/mol. The number of anilines is 1. The predicted molar refractivity (Wildman–Crippen MR) is 118 cm³/mol. The van der Waals surface area contributed by atoms with Crippen LogP contribution in [-0.2, 0) is 4.79 Å². The summed E-state index contributed by atoms with van der Waals surface area (Å²) in [7, 11) is 0. The lowest BCUT2D eigenvalue weighted by molar-refractivity contribution is -0.143. The predicted octanol–water partition coefficient (Wildman–Crippen LogP) is 5.42. The fourth-order valence-corrected chi connectivity index (χ4v) is 4.11. The van der Waals surface area contributed by atoms with Crippen LogP contribution in [-0.4, -0.2) is 27.7 Å². The highest BCUT2D eigenvalue weighted by Crippen LogP contribution is 2.33. The van der Waals surface area contributed by atoms with Gasteiger partial charge in [-0.3, -0.25) is 4.79 Å². The van der Waals surface area contributed by atoms with Crippen LogP contribution in [0.5, 0.6) is 5.75 Å². The molecule has 5 nitrogen and oxygen atoms in total. The molecule has 30 heavy (non-hydrogen) atoms. The minimum atomic E-state index is -0.675. The number of phenolic OH excluding ortho intramolecular Hbond substituents is 1. The van der Waals surface area contributed by atoms with Crippen molar-refractivity contribution in [2.24, 2.45) is 11.8 Å². The highest BCUT2D eigenvalue weighted by atomic mass is 16.4. The molecule has 154 valence electrons. The molecule has 0 radical (unpaired) electrons. The fourth-order valence-electron chi connectivity index (χ4n) is 4.11. The largest absolute Gasteiger partial charge is 0.507 e. The Hall–Kier alpha value is -3.34. The minimum absolute atomic E-state index is 0.201. The van der Waals surface area contributed by atoms with Crippen LogP contribution in [0.3, 0.4) is 0 Å². The Kier molecular flexibility index (Phi) is 5.98. The van der Waals surface area contributed by atoms with Crippen molar-refractivity contribution in [3.05, 3.63) is 66.7 Å². The van der Waals surface area contributed by atoms with E-state index in [9.17, 15) is 15.0 Å². The Bertz CT molecular complexity index is 1010. The highest BCUT2D eigenvalue weighted by molar-refractivity contribution is 5.76. The molecular weight excluding hydrogens is 376 g/mol. The van der Waals surface area contributed by atoms with E-state index < -0.39 is 5.97 Å². The van der Waals surface area contributed by atoms with Crippen molar-refractivity contribution in [2.45, 2.75) is 25.7 Å². The Morgan fingerprint density at radius 1 is 0.933 bits per heavy atom. The Morgan fingerprint density at radius 3 is 2.33 bits per heavy atom. The molecule has 1 fully saturated rings. The van der Waals surface area contributed by atoms with Crippen molar-refractivity contribution >= 4 is 11.8 Å². The Balaban J connectivity index is 1.57. The normalized spacial score (nSPS) is 18.7. The molecule has 1 saturated carbocycles. The summed E-state index contributed by atoms with van der Waals surface area (Å²) >= 11 is 0. The maximum atomic E-state index is 11.2. The number of carboxylic acids is 1. The van der Waals surface area contributed by atoms with Gasteiger partial charge in [0, 0.05) is 12.1 Å². The number of carboxylic acid groups (broad SMARTS) is 1. The first-order valence-electron chi connectivity index (χ1n) is 10.4. The van der Waals surface area contributed by atoms with E-state index in [1.807, 2.05) is 42.5 Å². The van der Waals surface area contributed by atoms with E-state index in [-0.39, 0.29) is 11.7 Å². The summed E-state index contributed by atoms with van der Waals surface area (Å²) in [6.45, 7) is 0.762. The molecule has 1 aliphatic carbocycles. The number of phenols is 1. The number of aromatic nitrogens is 1. The van der Waals surface area contributed by atoms with E-state index in [1.165, 1.54) is 0 Å². The van der Waals surface area contributed by atoms with E-state index in [2.05, 4.69) is 17.4 Å². The van der Waals surface area contributed by atoms with Gasteiger partial charge in [0.05, 0.1) is 11.6 Å². The van der Waals surface area contributed by atoms with E-state index in [4.69, 9.17) is 4.98 Å². The molecule has 0 atom stereocenters. The molecule has 1 aliphatic rings. The number of pyridine rings is 1. The second-order valence-electron chi connectivity index (χ2n) is 7.95. The van der Waals surface area contributed by atoms with Crippen molar-refractivity contribution in [2.75, 3.05) is 11.9 Å². The van der Waals surface area contributed by atoms with Gasteiger partial charge in [-0.2, -0.15) is 0 Å². The molecule has 1 heterocycles. The molecule has 4 rings (SSSR count). The quantitative estimate of drug-likeness (QED) is 0.512. The van der Waals surface area contributed by atoms with E-state index in [0.717, 1.165) is 49.2 Å². The van der Waals surface area contributed by atoms with Gasteiger partial charge in [0.15, 0.2) is 0 Å². The molecule has 3 N–H and O–H groups in total. The molecule has 1 aromatic heterocycles. The van der Waals surface area contributed by atoms with Crippen LogP contribution in [0.4, 0.5) is 5.82 Å². The minimum Gasteiger partial charge on any atom is -0.507 e. The van der Waals surface area contributed by atoms with Crippen LogP contribution in [0.25, 0.3) is 22.4 Å². The van der Waals surface area contributed by atoms with Crippen molar-refractivity contribution in [1.29, 1.82) is 0 Å². The third-order valence-corrected chi connectivity index (χ3v) is 5.88. The number of nitrogens with zero attached hydrogens (tertiary/aromatic N) is 1. The number of hydrogen-bond acceptors (Lipinski definition) is 4. The Morgan fingerprint density at radius 2 is 1.63 bits per heavy atom. The summed E-state index contributed by atoms with van der Waals surface area (Å²) in [6, 6.07) is 21.3. The molecule has 5 heteroatoms. The molecule has 0 amide bonds. The first kappa shape index (κ1) is 20.0. The summed E-state index contributed by atoms with van der Waals surface area (Å²) in [4.78, 5) is 15.9. The van der Waals surface area contributed by atoms with Crippen LogP contribution in [0, 0.1) is 11.8 Å². The third-order valence-electron chi connectivity index (χ3n) is 5.88. The zero-order chi connectivity index (χ0) is 20.9. The topological polar surface area (TPSA) is 82.5 Å². The lowest BCUT2D eigenvalue weighted by atomic mass is 9.82. The standard InChI is InChI=1S/C25H26N2O3/c28-23-9-5-4-8-21(23)22-14-20(18-6-2-1-3-7-18)15-24(27-22)26-16-17-10-12-19(13-11-17)25(29)30/h1-9,14-15,17,19,28H,10-13,16H2,(H,26,27)(H,29,30)/t17-,19-. The van der Waals surface area contributed by atoms with Crippen molar-refractivity contribution in [3.63, 3.8) is 0 Å². The zero-order valence-corrected chi connectivity index (χ0v) is 16.8. The number of aromatic hydroxyl groups is 1. The van der Waals surface area contributed by atoms with E-state index in [0.29, 0.717) is 17.2 Å². The Labute approximate surface area is 176 Å². The second-order valence-corrected chi connectivity index (χ2v) is 7.95. The maximum Gasteiger partial charge on any atom is 0.306 e. The molecule has 2 aromatic carbocycles. The molecule has 0 aliphatic heterocycles. The van der Waals surface area contributed by atoms with Gasteiger partial charge in [-0.05, 0) is 67.0 Å². The van der Waals surface area contributed by atoms with Crippen LogP contribution in [0.2, 0.25) is 0 Å². The third kappa shape index (κ3) is 4.62. The van der Waals surface area contributed by atoms with Gasteiger partial charge in [0.25, 0.3) is 0 Å². The molecule has 0 unspecified atom stereocenters. The van der Waals surface area contributed by atoms with Gasteiger partial charge < -0.3 is 15.5 Å². The van der Waals surface area contributed by atoms with Gasteiger partial charge in [-0.15, -0.1) is 0 Å². The van der Waals surface area contributed by atoms with Crippen LogP contribution >= 0.6 is 0 Å². The zero-order valence-electron chi connectivity index (χ0n) is 16.8. The first-order chi connectivity index (χ1) is 14.6. The van der Waals surface area contributed by atoms with Gasteiger partial charge >= 0.3 is 5.97 Å². The fraction of sp³-hybridized carbons (Fsp3) is 0.280. The van der Waals surface area contributed by atoms with Crippen molar-refractivity contribution < 1.29 is 15.0 Å². The van der Waals surface area contributed by atoms with Crippen molar-refractivity contribution in [3.8, 4) is 28.1 Å². The number of rotatable bonds is 6. The van der Waals surface area contributed by atoms with Gasteiger partial charge in [-0.1, -0.05) is 42.5 Å². The van der Waals surface area contributed by atoms with E-state index >= 15 is 0 Å². The summed E-state index contributed by atoms with van der Waals surface area (Å²) in [5.41, 5.74) is 3.52. The molecular formula is C25H26N2O3. The van der Waals surface area contributed by atoms with Crippen LogP contribution in [0.15, 0.2) is 66.7 Å². The lowest BCUT2D eigenvalue weighted by Crippen LogP contribution is -2.25. The number of nitrogens with one attached hydrogen (secondary N) is 1. The van der Waals surface area contributed by atoms with Gasteiger partial charge in [0.1, 0.15) is 11.6 Å². The van der Waals surface area contributed by atoms with Gasteiger partial charge in [-0.25, -0.2) is 4.98 Å². The number of aliphatic carboxylic acids is 1. The highest BCUT2D eigenvalue weighted by Gasteiger charge is 2.25. The average Bonchev–Trinajstić information content (AvgIpc) is 2.78. The lowest BCUT2D eigenvalue weighted by Gasteiger charge is -2.26. The average molecular weight is 402 g/mol. The summed E-state index contributed by atoms with van der Waals surface area (Å²) < 4.78 is 0. The number of benzene rings is 2. The summed E-state index contributed by atoms with van der Waals surface area (Å²) in [6.07, 6.45) is 3.30. The molecule has 0 bridgehead atoms. The molecule has 0 saturated heterocycles. The first-order valence-corrected chi connectivity index (χ1v) is 10.4. The van der Waals surface area contributed by atoms with Crippen LogP contribution in [0.1, 0.15) is 25.7 Å².